The monoisotopic (exact) mass is 453 g/mol. The minimum absolute atomic E-state index is 0.00147. The second-order valence-electron chi connectivity index (χ2n) is 6.95. The quantitative estimate of drug-likeness (QED) is 0.695. The lowest BCUT2D eigenvalue weighted by Gasteiger charge is -2.38. The van der Waals surface area contributed by atoms with Crippen LogP contribution in [0.25, 0.3) is 11.9 Å². The largest absolute Gasteiger partial charge is 0.463 e. The Kier molecular flexibility index (Phi) is 6.40. The Hall–Kier alpha value is -3.59. The Morgan fingerprint density at radius 3 is 2.75 bits per heavy atom. The van der Waals surface area contributed by atoms with Gasteiger partial charge in [-0.1, -0.05) is 6.07 Å². The van der Waals surface area contributed by atoms with Crippen molar-refractivity contribution in [2.24, 2.45) is 10.7 Å². The van der Waals surface area contributed by atoms with Crippen LogP contribution in [0.3, 0.4) is 0 Å². The van der Waals surface area contributed by atoms with Crippen LogP contribution >= 0.6 is 0 Å². The zero-order chi connectivity index (χ0) is 23.5. The Balaban J connectivity index is 1.98. The minimum atomic E-state index is -4.62. The summed E-state index contributed by atoms with van der Waals surface area (Å²) in [5.74, 6) is -1.63. The number of aromatic nitrogens is 2. The molecule has 12 heteroatoms. The van der Waals surface area contributed by atoms with E-state index in [9.17, 15) is 22.0 Å². The zero-order valence-electron chi connectivity index (χ0n) is 16.5. The summed E-state index contributed by atoms with van der Waals surface area (Å²) in [6, 6.07) is 4.90. The summed E-state index contributed by atoms with van der Waals surface area (Å²) >= 11 is 0. The third-order valence-corrected chi connectivity index (χ3v) is 4.64. The standard InChI is InChI=1S/C20H16F5N5O2/c1-19(17(9-31-18(27)30-19)32-10-20(23,24)25)13-4-11(2-3-14(13)21)5-15(22)16-8-28-12(6-26)7-29-16/h2-5,7-8,17H,9-10H2,1H3,(H2,27,30)/b15-5-/t17-,19+/m0/s1. The molecule has 0 amide bonds. The number of hydrogen-bond donors (Lipinski definition) is 1. The van der Waals surface area contributed by atoms with Gasteiger partial charge in [-0.25, -0.2) is 23.7 Å². The van der Waals surface area contributed by atoms with Crippen molar-refractivity contribution < 1.29 is 31.4 Å². The van der Waals surface area contributed by atoms with Crippen LogP contribution in [-0.4, -0.2) is 41.5 Å². The molecule has 32 heavy (non-hydrogen) atoms. The van der Waals surface area contributed by atoms with Crippen molar-refractivity contribution in [1.29, 1.82) is 5.26 Å². The first-order valence-corrected chi connectivity index (χ1v) is 9.08. The van der Waals surface area contributed by atoms with Crippen LogP contribution in [0, 0.1) is 17.1 Å². The molecule has 2 aromatic rings. The van der Waals surface area contributed by atoms with E-state index in [1.165, 1.54) is 19.1 Å². The van der Waals surface area contributed by atoms with E-state index in [4.69, 9.17) is 20.5 Å². The second-order valence-corrected chi connectivity index (χ2v) is 6.95. The van der Waals surface area contributed by atoms with Gasteiger partial charge in [0.1, 0.15) is 42.4 Å². The van der Waals surface area contributed by atoms with Crippen molar-refractivity contribution in [3.05, 3.63) is 58.9 Å². The molecule has 0 unspecified atom stereocenters. The maximum absolute atomic E-state index is 14.7. The molecule has 1 aliphatic heterocycles. The number of nitriles is 1. The topological polar surface area (TPSA) is 106 Å². The van der Waals surface area contributed by atoms with Crippen LogP contribution in [0.5, 0.6) is 0 Å². The first kappa shape index (κ1) is 23.1. The average Bonchev–Trinajstić information content (AvgIpc) is 2.73. The van der Waals surface area contributed by atoms with Gasteiger partial charge < -0.3 is 15.2 Å². The normalized spacial score (nSPS) is 21.5. The van der Waals surface area contributed by atoms with Crippen LogP contribution in [0.15, 0.2) is 35.6 Å². The number of benzene rings is 1. The summed E-state index contributed by atoms with van der Waals surface area (Å²) in [5, 5.41) is 8.73. The van der Waals surface area contributed by atoms with E-state index in [0.29, 0.717) is 0 Å². The lowest BCUT2D eigenvalue weighted by atomic mass is 9.85. The highest BCUT2D eigenvalue weighted by atomic mass is 19.4. The molecule has 168 valence electrons. The number of rotatable bonds is 5. The van der Waals surface area contributed by atoms with E-state index in [-0.39, 0.29) is 28.5 Å². The van der Waals surface area contributed by atoms with Gasteiger partial charge in [0, 0.05) is 5.56 Å². The van der Waals surface area contributed by atoms with Gasteiger partial charge in [-0.15, -0.1) is 0 Å². The Bertz CT molecular complexity index is 1100. The van der Waals surface area contributed by atoms with Crippen LogP contribution in [-0.2, 0) is 15.0 Å². The molecule has 2 N–H and O–H groups in total. The number of hydrogen-bond acceptors (Lipinski definition) is 7. The molecule has 2 heterocycles. The summed E-state index contributed by atoms with van der Waals surface area (Å²) in [4.78, 5) is 11.5. The number of halogens is 5. The van der Waals surface area contributed by atoms with Gasteiger partial charge in [-0.3, -0.25) is 0 Å². The van der Waals surface area contributed by atoms with Crippen LogP contribution in [0.2, 0.25) is 0 Å². The minimum Gasteiger partial charge on any atom is -0.463 e. The van der Waals surface area contributed by atoms with Crippen LogP contribution in [0.4, 0.5) is 22.0 Å². The Labute approximate surface area is 179 Å². The highest BCUT2D eigenvalue weighted by Gasteiger charge is 2.44. The molecule has 0 radical (unpaired) electrons. The van der Waals surface area contributed by atoms with Gasteiger partial charge in [0.2, 0.25) is 0 Å². The lowest BCUT2D eigenvalue weighted by molar-refractivity contribution is -0.197. The first-order valence-electron chi connectivity index (χ1n) is 9.08. The van der Waals surface area contributed by atoms with Gasteiger partial charge >= 0.3 is 6.18 Å². The summed E-state index contributed by atoms with van der Waals surface area (Å²) in [6.45, 7) is -0.645. The fourth-order valence-corrected chi connectivity index (χ4v) is 3.05. The van der Waals surface area contributed by atoms with Gasteiger partial charge in [-0.2, -0.15) is 18.4 Å². The molecule has 0 spiro atoms. The van der Waals surface area contributed by atoms with Crippen molar-refractivity contribution in [2.45, 2.75) is 24.7 Å². The molecule has 7 nitrogen and oxygen atoms in total. The molecular weight excluding hydrogens is 437 g/mol. The van der Waals surface area contributed by atoms with Gasteiger partial charge in [0.25, 0.3) is 6.02 Å². The summed E-state index contributed by atoms with van der Waals surface area (Å²) < 4.78 is 77.2. The van der Waals surface area contributed by atoms with E-state index >= 15 is 0 Å². The molecule has 3 rings (SSSR count). The number of alkyl halides is 3. The van der Waals surface area contributed by atoms with E-state index in [1.807, 2.05) is 0 Å². The fourth-order valence-electron chi connectivity index (χ4n) is 3.05. The first-order chi connectivity index (χ1) is 15.0. The Morgan fingerprint density at radius 2 is 2.12 bits per heavy atom. The second kappa shape index (κ2) is 8.88. The fraction of sp³-hybridized carbons (Fsp3) is 0.300. The van der Waals surface area contributed by atoms with E-state index in [2.05, 4.69) is 15.0 Å². The molecule has 0 saturated heterocycles. The maximum atomic E-state index is 14.7. The van der Waals surface area contributed by atoms with Crippen molar-refractivity contribution in [3.8, 4) is 6.07 Å². The van der Waals surface area contributed by atoms with Crippen molar-refractivity contribution in [2.75, 3.05) is 13.2 Å². The van der Waals surface area contributed by atoms with E-state index < -0.39 is 42.7 Å². The molecule has 0 fully saturated rings. The van der Waals surface area contributed by atoms with Crippen LogP contribution < -0.4 is 5.73 Å². The molecule has 1 aliphatic rings. The third-order valence-electron chi connectivity index (χ3n) is 4.64. The highest BCUT2D eigenvalue weighted by molar-refractivity contribution is 5.76. The van der Waals surface area contributed by atoms with E-state index in [1.54, 1.807) is 6.07 Å². The molecule has 0 saturated carbocycles. The summed E-state index contributed by atoms with van der Waals surface area (Å²) in [5.41, 5.74) is 3.74. The molecule has 0 aliphatic carbocycles. The van der Waals surface area contributed by atoms with Gasteiger partial charge in [0.15, 0.2) is 11.5 Å². The molecule has 1 aromatic heterocycles. The molecule has 0 bridgehead atoms. The van der Waals surface area contributed by atoms with Crippen molar-refractivity contribution in [3.63, 3.8) is 0 Å². The number of aliphatic imine (C=N–C) groups is 1. The average molecular weight is 453 g/mol. The lowest BCUT2D eigenvalue weighted by Crippen LogP contribution is -2.48. The summed E-state index contributed by atoms with van der Waals surface area (Å²) in [6.07, 6.45) is -2.77. The smallest absolute Gasteiger partial charge is 0.411 e. The molecular formula is C20H16F5N5O2. The highest BCUT2D eigenvalue weighted by Crippen LogP contribution is 2.37. The number of nitrogens with two attached hydrogens (primary N) is 1. The van der Waals surface area contributed by atoms with Crippen molar-refractivity contribution in [1.82, 2.24) is 9.97 Å². The zero-order valence-corrected chi connectivity index (χ0v) is 16.5. The molecule has 2 atom stereocenters. The summed E-state index contributed by atoms with van der Waals surface area (Å²) in [7, 11) is 0. The van der Waals surface area contributed by atoms with E-state index in [0.717, 1.165) is 24.5 Å². The maximum Gasteiger partial charge on any atom is 0.411 e. The number of nitrogens with zero attached hydrogens (tertiary/aromatic N) is 4. The Morgan fingerprint density at radius 1 is 1.38 bits per heavy atom. The number of ether oxygens (including phenoxy) is 2. The van der Waals surface area contributed by atoms with Crippen LogP contribution in [0.1, 0.15) is 29.4 Å². The van der Waals surface area contributed by atoms with Gasteiger partial charge in [0.05, 0.1) is 12.4 Å². The van der Waals surface area contributed by atoms with Gasteiger partial charge in [-0.05, 0) is 30.7 Å². The predicted octanol–water partition coefficient (Wildman–Crippen LogP) is 3.46. The molecule has 1 aromatic carbocycles. The SMILES string of the molecule is C[C@]1(c2cc(/C=C(\F)c3cnc(C#N)cn3)ccc2F)N=C(N)OC[C@@H]1OCC(F)(F)F. The van der Waals surface area contributed by atoms with Crippen molar-refractivity contribution >= 4 is 17.9 Å². The third kappa shape index (κ3) is 5.17. The number of amidine groups is 1. The predicted molar refractivity (Wildman–Crippen MR) is 103 cm³/mol.